The van der Waals surface area contributed by atoms with Crippen LogP contribution in [0.2, 0.25) is 0 Å². The Labute approximate surface area is 130 Å². The second kappa shape index (κ2) is 5.72. The number of rotatable bonds is 7. The smallest absolute Gasteiger partial charge is 0.244 e. The minimum absolute atomic E-state index is 0.462. The fourth-order valence-electron chi connectivity index (χ4n) is 1.08. The van der Waals surface area contributed by atoms with E-state index in [-0.39, 0.29) is 0 Å². The molecule has 0 aromatic rings. The summed E-state index contributed by atoms with van der Waals surface area (Å²) in [6.45, 7) is -3.78. The summed E-state index contributed by atoms with van der Waals surface area (Å²) in [6, 6.07) is 0. The molecular formula is C8H2BrF15. The van der Waals surface area contributed by atoms with Crippen molar-refractivity contribution in [1.82, 2.24) is 0 Å². The maximum absolute atomic E-state index is 12.9. The molecule has 0 bridgehead atoms. The van der Waals surface area contributed by atoms with Crippen LogP contribution in [0.15, 0.2) is 0 Å². The maximum atomic E-state index is 12.9. The number of alkyl halides is 16. The second-order valence-electron chi connectivity index (χ2n) is 4.21. The van der Waals surface area contributed by atoms with E-state index in [1.54, 1.807) is 0 Å². The van der Waals surface area contributed by atoms with E-state index in [0.717, 1.165) is 0 Å². The second-order valence-corrected chi connectivity index (χ2v) is 5.20. The van der Waals surface area contributed by atoms with E-state index in [4.69, 9.17) is 0 Å². The van der Waals surface area contributed by atoms with Gasteiger partial charge < -0.3 is 0 Å². The predicted octanol–water partition coefficient (Wildman–Crippen LogP) is 5.76. The fraction of sp³-hybridized carbons (Fsp3) is 1.00. The summed E-state index contributed by atoms with van der Waals surface area (Å²) >= 11 is 0.462. The van der Waals surface area contributed by atoms with Crippen LogP contribution in [0.25, 0.3) is 0 Å². The number of hydrogen-bond donors (Lipinski definition) is 0. The molecule has 24 heavy (non-hydrogen) atoms. The molecule has 0 aromatic heterocycles. The molecule has 0 spiro atoms. The lowest BCUT2D eigenvalue weighted by Gasteiger charge is -2.41. The summed E-state index contributed by atoms with van der Waals surface area (Å²) in [7, 11) is 0. The molecule has 0 aliphatic heterocycles. The third kappa shape index (κ3) is 2.81. The van der Waals surface area contributed by atoms with Crippen molar-refractivity contribution >= 4 is 15.9 Å². The van der Waals surface area contributed by atoms with Crippen LogP contribution in [0, 0.1) is 0 Å². The van der Waals surface area contributed by atoms with Gasteiger partial charge >= 0.3 is 40.4 Å². The molecule has 0 aromatic carbocycles. The first-order valence-electron chi connectivity index (χ1n) is 4.96. The highest BCUT2D eigenvalue weighted by molar-refractivity contribution is 9.10. The van der Waals surface area contributed by atoms with E-state index in [2.05, 4.69) is 0 Å². The van der Waals surface area contributed by atoms with Crippen LogP contribution in [0.4, 0.5) is 65.9 Å². The topological polar surface area (TPSA) is 0 Å². The average molecular weight is 463 g/mol. The van der Waals surface area contributed by atoms with Crippen LogP contribution in [0.1, 0.15) is 0 Å². The van der Waals surface area contributed by atoms with Crippen molar-refractivity contribution < 1.29 is 65.9 Å². The highest BCUT2D eigenvalue weighted by atomic mass is 79.9. The van der Waals surface area contributed by atoms with Crippen LogP contribution in [0.5, 0.6) is 0 Å². The van der Waals surface area contributed by atoms with Crippen LogP contribution in [-0.4, -0.2) is 47.0 Å². The molecule has 0 saturated carbocycles. The molecule has 0 saturated heterocycles. The Morgan fingerprint density at radius 1 is 0.458 bits per heavy atom. The lowest BCUT2D eigenvalue weighted by Crippen LogP contribution is -2.72. The Bertz CT molecular complexity index is 461. The van der Waals surface area contributed by atoms with Gasteiger partial charge in [0, 0.05) is 0 Å². The summed E-state index contributed by atoms with van der Waals surface area (Å²) in [5.41, 5.74) is 0. The molecule has 0 radical (unpaired) electrons. The minimum atomic E-state index is -8.15. The summed E-state index contributed by atoms with van der Waals surface area (Å²) in [6.07, 6.45) is 0. The highest BCUT2D eigenvalue weighted by Gasteiger charge is 2.92. The molecule has 0 heterocycles. The van der Waals surface area contributed by atoms with Gasteiger partial charge in [-0.1, -0.05) is 0 Å². The standard InChI is InChI=1S/C8H2BrF15/c9-8(23,24)7(21,22)6(19,20)5(17,18)4(15,16)3(13,14)2(11,12)1-10/h1H2. The normalized spacial score (nSPS) is 16.5. The zero-order chi connectivity index (χ0) is 20.2. The van der Waals surface area contributed by atoms with Crippen molar-refractivity contribution in [3.8, 4) is 0 Å². The number of hydrogen-bond acceptors (Lipinski definition) is 0. The molecule has 0 unspecified atom stereocenters. The fourth-order valence-corrected chi connectivity index (χ4v) is 1.33. The van der Waals surface area contributed by atoms with E-state index in [1.165, 1.54) is 0 Å². The van der Waals surface area contributed by atoms with Gasteiger partial charge in [0.1, 0.15) is 0 Å². The molecule has 0 rings (SSSR count). The van der Waals surface area contributed by atoms with Crippen molar-refractivity contribution in [1.29, 1.82) is 0 Å². The Morgan fingerprint density at radius 2 is 0.708 bits per heavy atom. The molecule has 0 atom stereocenters. The first kappa shape index (κ1) is 23.4. The van der Waals surface area contributed by atoms with Crippen molar-refractivity contribution in [2.45, 2.75) is 40.4 Å². The van der Waals surface area contributed by atoms with Crippen LogP contribution >= 0.6 is 15.9 Å². The Hall–Kier alpha value is -0.570. The monoisotopic (exact) mass is 462 g/mol. The van der Waals surface area contributed by atoms with Crippen LogP contribution in [0.3, 0.4) is 0 Å². The summed E-state index contributed by atoms with van der Waals surface area (Å²) in [5.74, 6) is -46.0. The third-order valence-corrected chi connectivity index (χ3v) is 3.06. The van der Waals surface area contributed by atoms with Gasteiger partial charge in [0.2, 0.25) is 0 Å². The first-order valence-corrected chi connectivity index (χ1v) is 5.75. The summed E-state index contributed by atoms with van der Waals surface area (Å²) in [5, 5.41) is 0. The first-order chi connectivity index (χ1) is 10.1. The zero-order valence-corrected chi connectivity index (χ0v) is 11.8. The van der Waals surface area contributed by atoms with Gasteiger partial charge in [-0.3, -0.25) is 0 Å². The average Bonchev–Trinajstić information content (AvgIpc) is 2.36. The summed E-state index contributed by atoms with van der Waals surface area (Å²) < 4.78 is 189. The molecular weight excluding hydrogens is 461 g/mol. The van der Waals surface area contributed by atoms with Crippen molar-refractivity contribution in [3.63, 3.8) is 0 Å². The summed E-state index contributed by atoms with van der Waals surface area (Å²) in [4.78, 5) is -6.33. The molecule has 0 aliphatic carbocycles. The lowest BCUT2D eigenvalue weighted by atomic mass is 9.91. The van der Waals surface area contributed by atoms with Crippen molar-refractivity contribution in [3.05, 3.63) is 0 Å². The van der Waals surface area contributed by atoms with E-state index in [0.29, 0.717) is 15.9 Å². The molecule has 0 aliphatic rings. The van der Waals surface area contributed by atoms with Gasteiger partial charge in [0.25, 0.3) is 0 Å². The van der Waals surface area contributed by atoms with Crippen molar-refractivity contribution in [2.75, 3.05) is 6.67 Å². The van der Waals surface area contributed by atoms with E-state index in [9.17, 15) is 65.9 Å². The lowest BCUT2D eigenvalue weighted by molar-refractivity contribution is -0.434. The largest absolute Gasteiger partial charge is 0.388 e. The SMILES string of the molecule is FCC(F)(F)C(F)(F)C(F)(F)C(F)(F)C(F)(F)C(F)(F)C(F)(F)Br. The number of halogens is 16. The molecule has 0 nitrogen and oxygen atoms in total. The van der Waals surface area contributed by atoms with E-state index >= 15 is 0 Å². The minimum Gasteiger partial charge on any atom is -0.244 e. The molecule has 0 amide bonds. The van der Waals surface area contributed by atoms with Crippen LogP contribution in [-0.2, 0) is 0 Å². The maximum Gasteiger partial charge on any atom is 0.388 e. The predicted molar refractivity (Wildman–Crippen MR) is 49.5 cm³/mol. The molecule has 146 valence electrons. The van der Waals surface area contributed by atoms with E-state index < -0.39 is 47.0 Å². The molecule has 0 fully saturated rings. The third-order valence-electron chi connectivity index (χ3n) is 2.56. The molecule has 16 heteroatoms. The van der Waals surface area contributed by atoms with E-state index in [1.807, 2.05) is 0 Å². The molecule has 0 N–H and O–H groups in total. The Kier molecular flexibility index (Phi) is 5.59. The van der Waals surface area contributed by atoms with Gasteiger partial charge in [-0.15, -0.1) is 0 Å². The van der Waals surface area contributed by atoms with Crippen molar-refractivity contribution in [2.24, 2.45) is 0 Å². The van der Waals surface area contributed by atoms with Gasteiger partial charge in [-0.05, 0) is 15.9 Å². The Balaban J connectivity index is 6.42. The van der Waals surface area contributed by atoms with Gasteiger partial charge in [-0.25, -0.2) is 4.39 Å². The zero-order valence-electron chi connectivity index (χ0n) is 10.3. The highest BCUT2D eigenvalue weighted by Crippen LogP contribution is 2.62. The van der Waals surface area contributed by atoms with Gasteiger partial charge in [-0.2, -0.15) is 61.5 Å². The van der Waals surface area contributed by atoms with Crippen LogP contribution < -0.4 is 0 Å². The van der Waals surface area contributed by atoms with Gasteiger partial charge in [0.05, 0.1) is 0 Å². The Morgan fingerprint density at radius 3 is 0.958 bits per heavy atom. The quantitative estimate of drug-likeness (QED) is 0.333. The van der Waals surface area contributed by atoms with Gasteiger partial charge in [0.15, 0.2) is 6.67 Å².